The maximum Gasteiger partial charge on any atom is 0.233 e. The van der Waals surface area contributed by atoms with Crippen molar-refractivity contribution in [2.75, 3.05) is 19.8 Å². The molecule has 1 aromatic rings. The lowest BCUT2D eigenvalue weighted by molar-refractivity contribution is -0.120. The van der Waals surface area contributed by atoms with Gasteiger partial charge >= 0.3 is 0 Å². The van der Waals surface area contributed by atoms with E-state index in [0.717, 1.165) is 22.5 Å². The Morgan fingerprint density at radius 1 is 1.58 bits per heavy atom. The van der Waals surface area contributed by atoms with Gasteiger partial charge in [-0.3, -0.25) is 4.79 Å². The smallest absolute Gasteiger partial charge is 0.233 e. The first-order valence-corrected chi connectivity index (χ1v) is 7.94. The second kappa shape index (κ2) is 9.34. The lowest BCUT2D eigenvalue weighted by Crippen LogP contribution is -2.32. The summed E-state index contributed by atoms with van der Waals surface area (Å²) >= 11 is 4.79. The summed E-state index contributed by atoms with van der Waals surface area (Å²) in [4.78, 5) is 16.1. The first-order valence-electron chi connectivity index (χ1n) is 6.27. The molecule has 1 unspecified atom stereocenters. The Balaban J connectivity index is 2.26. The number of pyridine rings is 1. The zero-order valence-electron chi connectivity index (χ0n) is 11.2. The van der Waals surface area contributed by atoms with Crippen molar-refractivity contribution in [3.8, 4) is 0 Å². The van der Waals surface area contributed by atoms with Crippen molar-refractivity contribution in [3.05, 3.63) is 22.8 Å². The van der Waals surface area contributed by atoms with Crippen molar-refractivity contribution in [1.82, 2.24) is 10.3 Å². The molecular weight excluding hydrogens is 328 g/mol. The van der Waals surface area contributed by atoms with Gasteiger partial charge < -0.3 is 10.1 Å². The van der Waals surface area contributed by atoms with E-state index in [1.807, 2.05) is 26.0 Å². The molecule has 1 rings (SSSR count). The van der Waals surface area contributed by atoms with E-state index in [4.69, 9.17) is 4.74 Å². The van der Waals surface area contributed by atoms with Crippen molar-refractivity contribution in [2.24, 2.45) is 0 Å². The Hall–Kier alpha value is -0.590. The summed E-state index contributed by atoms with van der Waals surface area (Å²) in [6.45, 7) is 5.90. The van der Waals surface area contributed by atoms with Crippen LogP contribution in [0.1, 0.15) is 20.3 Å². The van der Waals surface area contributed by atoms with Crippen molar-refractivity contribution in [2.45, 2.75) is 30.5 Å². The number of rotatable bonds is 8. The van der Waals surface area contributed by atoms with Gasteiger partial charge in [0.2, 0.25) is 5.91 Å². The highest BCUT2D eigenvalue weighted by atomic mass is 79.9. The Morgan fingerprint density at radius 3 is 3.00 bits per heavy atom. The highest BCUT2D eigenvalue weighted by Crippen LogP contribution is 2.22. The molecule has 0 aromatic carbocycles. The van der Waals surface area contributed by atoms with Gasteiger partial charge in [0.15, 0.2) is 0 Å². The van der Waals surface area contributed by atoms with E-state index in [1.165, 1.54) is 11.8 Å². The van der Waals surface area contributed by atoms with Crippen LogP contribution in [-0.2, 0) is 9.53 Å². The van der Waals surface area contributed by atoms with Crippen LogP contribution in [0.3, 0.4) is 0 Å². The van der Waals surface area contributed by atoms with Crippen molar-refractivity contribution in [3.63, 3.8) is 0 Å². The summed E-state index contributed by atoms with van der Waals surface area (Å²) in [6, 6.07) is 3.82. The van der Waals surface area contributed by atoms with Gasteiger partial charge in [0, 0.05) is 30.4 Å². The van der Waals surface area contributed by atoms with E-state index in [0.29, 0.717) is 13.2 Å². The third kappa shape index (κ3) is 6.94. The van der Waals surface area contributed by atoms with Gasteiger partial charge in [-0.05, 0) is 48.3 Å². The molecule has 1 atom stereocenters. The average Bonchev–Trinajstić information content (AvgIpc) is 2.41. The van der Waals surface area contributed by atoms with Gasteiger partial charge in [-0.15, -0.1) is 0 Å². The predicted octanol–water partition coefficient (Wildman–Crippen LogP) is 2.87. The lowest BCUT2D eigenvalue weighted by atomic mass is 10.4. The molecule has 4 nitrogen and oxygen atoms in total. The quantitative estimate of drug-likeness (QED) is 0.580. The van der Waals surface area contributed by atoms with Gasteiger partial charge in [-0.2, -0.15) is 0 Å². The van der Waals surface area contributed by atoms with E-state index < -0.39 is 0 Å². The van der Waals surface area contributed by atoms with Crippen LogP contribution in [0.4, 0.5) is 0 Å². The number of halogens is 1. The molecule has 0 fully saturated rings. The highest BCUT2D eigenvalue weighted by molar-refractivity contribution is 9.10. The van der Waals surface area contributed by atoms with Crippen molar-refractivity contribution < 1.29 is 9.53 Å². The van der Waals surface area contributed by atoms with Gasteiger partial charge in [-0.1, -0.05) is 11.8 Å². The van der Waals surface area contributed by atoms with E-state index in [1.54, 1.807) is 6.20 Å². The van der Waals surface area contributed by atoms with Crippen LogP contribution in [0.15, 0.2) is 27.8 Å². The number of thioether (sulfide) groups is 1. The molecule has 0 aliphatic rings. The third-order valence-electron chi connectivity index (χ3n) is 2.34. The molecule has 0 aliphatic heterocycles. The zero-order valence-corrected chi connectivity index (χ0v) is 13.6. The molecule has 0 bridgehead atoms. The Kier molecular flexibility index (Phi) is 8.09. The van der Waals surface area contributed by atoms with Crippen molar-refractivity contribution >= 4 is 33.6 Å². The number of nitrogens with one attached hydrogen (secondary N) is 1. The largest absolute Gasteiger partial charge is 0.382 e. The highest BCUT2D eigenvalue weighted by Gasteiger charge is 2.14. The fraction of sp³-hybridized carbons (Fsp3) is 0.538. The van der Waals surface area contributed by atoms with E-state index >= 15 is 0 Å². The predicted molar refractivity (Wildman–Crippen MR) is 81.4 cm³/mol. The second-order valence-electron chi connectivity index (χ2n) is 3.92. The molecule has 0 radical (unpaired) electrons. The van der Waals surface area contributed by atoms with Crippen LogP contribution in [0, 0.1) is 0 Å². The minimum Gasteiger partial charge on any atom is -0.382 e. The molecule has 1 amide bonds. The van der Waals surface area contributed by atoms with E-state index in [-0.39, 0.29) is 11.2 Å². The summed E-state index contributed by atoms with van der Waals surface area (Å²) < 4.78 is 6.15. The van der Waals surface area contributed by atoms with Crippen LogP contribution < -0.4 is 5.32 Å². The zero-order chi connectivity index (χ0) is 14.1. The number of nitrogens with zero attached hydrogens (tertiary/aromatic N) is 1. The van der Waals surface area contributed by atoms with E-state index in [9.17, 15) is 4.79 Å². The number of carbonyl (C=O) groups is 1. The molecule has 1 N–H and O–H groups in total. The molecule has 106 valence electrons. The standard InChI is InChI=1S/C13H19BrN2O2S/c1-3-18-8-4-7-15-13(17)10(2)19-12-6-5-11(14)9-16-12/h5-6,9-10H,3-4,7-8H2,1-2H3,(H,15,17). The van der Waals surface area contributed by atoms with Crippen LogP contribution in [0.25, 0.3) is 0 Å². The summed E-state index contributed by atoms with van der Waals surface area (Å²) in [5.41, 5.74) is 0. The van der Waals surface area contributed by atoms with Gasteiger partial charge in [0.05, 0.1) is 10.3 Å². The Morgan fingerprint density at radius 2 is 2.37 bits per heavy atom. The molecular formula is C13H19BrN2O2S. The first kappa shape index (κ1) is 16.5. The van der Waals surface area contributed by atoms with E-state index in [2.05, 4.69) is 26.2 Å². The van der Waals surface area contributed by atoms with Crippen LogP contribution in [0.2, 0.25) is 0 Å². The number of hydrogen-bond donors (Lipinski definition) is 1. The average molecular weight is 347 g/mol. The normalized spacial score (nSPS) is 12.2. The molecule has 0 aliphatic carbocycles. The van der Waals surface area contributed by atoms with Gasteiger partial charge in [0.25, 0.3) is 0 Å². The molecule has 0 saturated carbocycles. The Bertz CT molecular complexity index is 387. The molecule has 0 spiro atoms. The minimum absolute atomic E-state index is 0.0335. The third-order valence-corrected chi connectivity index (χ3v) is 3.86. The molecule has 1 aromatic heterocycles. The molecule has 6 heteroatoms. The summed E-state index contributed by atoms with van der Waals surface area (Å²) in [7, 11) is 0. The number of aromatic nitrogens is 1. The fourth-order valence-corrected chi connectivity index (χ4v) is 2.39. The Labute approximate surface area is 126 Å². The number of carbonyl (C=O) groups excluding carboxylic acids is 1. The van der Waals surface area contributed by atoms with Gasteiger partial charge in [-0.25, -0.2) is 4.98 Å². The lowest BCUT2D eigenvalue weighted by Gasteiger charge is -2.11. The molecule has 19 heavy (non-hydrogen) atoms. The second-order valence-corrected chi connectivity index (χ2v) is 6.19. The molecule has 0 saturated heterocycles. The maximum atomic E-state index is 11.8. The fourth-order valence-electron chi connectivity index (χ4n) is 1.34. The number of hydrogen-bond acceptors (Lipinski definition) is 4. The maximum absolute atomic E-state index is 11.8. The topological polar surface area (TPSA) is 51.2 Å². The monoisotopic (exact) mass is 346 g/mol. The number of ether oxygens (including phenoxy) is 1. The van der Waals surface area contributed by atoms with Crippen LogP contribution >= 0.6 is 27.7 Å². The number of amides is 1. The van der Waals surface area contributed by atoms with Crippen LogP contribution in [-0.4, -0.2) is 35.9 Å². The molecule has 1 heterocycles. The minimum atomic E-state index is -0.152. The summed E-state index contributed by atoms with van der Waals surface area (Å²) in [6.07, 6.45) is 2.57. The first-order chi connectivity index (χ1) is 9.13. The van der Waals surface area contributed by atoms with Crippen LogP contribution in [0.5, 0.6) is 0 Å². The summed E-state index contributed by atoms with van der Waals surface area (Å²) in [5, 5.41) is 3.59. The van der Waals surface area contributed by atoms with Crippen molar-refractivity contribution in [1.29, 1.82) is 0 Å². The summed E-state index contributed by atoms with van der Waals surface area (Å²) in [5.74, 6) is 0.0335. The van der Waals surface area contributed by atoms with Gasteiger partial charge in [0.1, 0.15) is 0 Å². The SMILES string of the molecule is CCOCCCNC(=O)C(C)Sc1ccc(Br)cn1.